The Labute approximate surface area is 116 Å². The summed E-state index contributed by atoms with van der Waals surface area (Å²) in [5.41, 5.74) is 3.14. The maximum absolute atomic E-state index is 13.1. The SMILES string of the molecule is CSc1ccc(CCc2cc(F)cc(F)c2)cc1C. The molecule has 100 valence electrons. The highest BCUT2D eigenvalue weighted by molar-refractivity contribution is 7.98. The molecule has 2 aromatic carbocycles. The fraction of sp³-hybridized carbons (Fsp3) is 0.250. The zero-order valence-corrected chi connectivity index (χ0v) is 11.9. The number of aryl methyl sites for hydroxylation is 3. The first-order valence-corrected chi connectivity index (χ1v) is 7.39. The number of thioether (sulfide) groups is 1. The summed E-state index contributed by atoms with van der Waals surface area (Å²) in [5, 5.41) is 0. The van der Waals surface area contributed by atoms with Gasteiger partial charge in [0.15, 0.2) is 0 Å². The second-order valence-electron chi connectivity index (χ2n) is 4.58. The molecule has 0 fully saturated rings. The third-order valence-electron chi connectivity index (χ3n) is 3.08. The molecule has 2 aromatic rings. The highest BCUT2D eigenvalue weighted by Gasteiger charge is 2.03. The molecule has 0 heterocycles. The standard InChI is InChI=1S/C16H16F2S/c1-11-7-12(5-6-16(11)19-2)3-4-13-8-14(17)10-15(18)9-13/h5-10H,3-4H2,1-2H3. The molecule has 0 aromatic heterocycles. The largest absolute Gasteiger partial charge is 0.207 e. The van der Waals surface area contributed by atoms with Gasteiger partial charge in [-0.15, -0.1) is 11.8 Å². The Kier molecular flexibility index (Phi) is 4.59. The molecule has 0 aliphatic heterocycles. The lowest BCUT2D eigenvalue weighted by molar-refractivity contribution is 0.579. The number of benzene rings is 2. The lowest BCUT2D eigenvalue weighted by Crippen LogP contribution is -1.94. The number of hydrogen-bond acceptors (Lipinski definition) is 1. The quantitative estimate of drug-likeness (QED) is 0.725. The highest BCUT2D eigenvalue weighted by Crippen LogP contribution is 2.21. The minimum Gasteiger partial charge on any atom is -0.207 e. The Morgan fingerprint density at radius 2 is 1.53 bits per heavy atom. The zero-order chi connectivity index (χ0) is 13.8. The molecule has 0 unspecified atom stereocenters. The zero-order valence-electron chi connectivity index (χ0n) is 11.0. The van der Waals surface area contributed by atoms with E-state index < -0.39 is 11.6 Å². The predicted molar refractivity (Wildman–Crippen MR) is 76.7 cm³/mol. The Morgan fingerprint density at radius 3 is 2.11 bits per heavy atom. The molecule has 0 bridgehead atoms. The molecule has 2 rings (SSSR count). The van der Waals surface area contributed by atoms with E-state index in [9.17, 15) is 8.78 Å². The second-order valence-corrected chi connectivity index (χ2v) is 5.43. The number of rotatable bonds is 4. The van der Waals surface area contributed by atoms with Crippen LogP contribution in [-0.2, 0) is 12.8 Å². The lowest BCUT2D eigenvalue weighted by Gasteiger charge is -2.07. The van der Waals surface area contributed by atoms with Crippen molar-refractivity contribution in [2.24, 2.45) is 0 Å². The van der Waals surface area contributed by atoms with Crippen LogP contribution in [0.5, 0.6) is 0 Å². The number of hydrogen-bond donors (Lipinski definition) is 0. The topological polar surface area (TPSA) is 0 Å². The lowest BCUT2D eigenvalue weighted by atomic mass is 10.0. The van der Waals surface area contributed by atoms with Crippen LogP contribution in [0.15, 0.2) is 41.3 Å². The van der Waals surface area contributed by atoms with Gasteiger partial charge in [-0.2, -0.15) is 0 Å². The van der Waals surface area contributed by atoms with E-state index in [2.05, 4.69) is 31.4 Å². The first kappa shape index (κ1) is 14.1. The molecule has 3 heteroatoms. The van der Waals surface area contributed by atoms with E-state index in [1.807, 2.05) is 0 Å². The van der Waals surface area contributed by atoms with E-state index in [-0.39, 0.29) is 0 Å². The van der Waals surface area contributed by atoms with Gasteiger partial charge in [-0.25, -0.2) is 8.78 Å². The van der Waals surface area contributed by atoms with Gasteiger partial charge in [-0.05, 0) is 60.9 Å². The minimum atomic E-state index is -0.510. The molecule has 19 heavy (non-hydrogen) atoms. The Morgan fingerprint density at radius 1 is 0.895 bits per heavy atom. The van der Waals surface area contributed by atoms with E-state index in [0.29, 0.717) is 12.0 Å². The van der Waals surface area contributed by atoms with Crippen LogP contribution in [0.25, 0.3) is 0 Å². The Balaban J connectivity index is 2.08. The molecule has 0 atom stereocenters. The van der Waals surface area contributed by atoms with Crippen molar-refractivity contribution < 1.29 is 8.78 Å². The van der Waals surface area contributed by atoms with Crippen LogP contribution < -0.4 is 0 Å². The van der Waals surface area contributed by atoms with Crippen LogP contribution in [0, 0.1) is 18.6 Å². The summed E-state index contributed by atoms with van der Waals surface area (Å²) in [5.74, 6) is -1.02. The normalized spacial score (nSPS) is 10.7. The number of halogens is 2. The van der Waals surface area contributed by atoms with Crippen LogP contribution in [0.1, 0.15) is 16.7 Å². The van der Waals surface area contributed by atoms with Gasteiger partial charge < -0.3 is 0 Å². The summed E-state index contributed by atoms with van der Waals surface area (Å²) in [6.07, 6.45) is 3.49. The van der Waals surface area contributed by atoms with Crippen molar-refractivity contribution in [3.63, 3.8) is 0 Å². The van der Waals surface area contributed by atoms with Gasteiger partial charge in [0.05, 0.1) is 0 Å². The summed E-state index contributed by atoms with van der Waals surface area (Å²) in [6, 6.07) is 10.0. The van der Waals surface area contributed by atoms with Crippen LogP contribution in [0.3, 0.4) is 0 Å². The van der Waals surface area contributed by atoms with Crippen molar-refractivity contribution in [1.29, 1.82) is 0 Å². The Bertz CT molecular complexity index is 559. The maximum atomic E-state index is 13.1. The average Bonchev–Trinajstić information content (AvgIpc) is 2.35. The van der Waals surface area contributed by atoms with E-state index in [0.717, 1.165) is 12.5 Å². The molecule has 0 saturated carbocycles. The molecule has 0 aliphatic rings. The van der Waals surface area contributed by atoms with Crippen LogP contribution in [-0.4, -0.2) is 6.26 Å². The van der Waals surface area contributed by atoms with Gasteiger partial charge in [-0.3, -0.25) is 0 Å². The van der Waals surface area contributed by atoms with Gasteiger partial charge in [0.2, 0.25) is 0 Å². The highest BCUT2D eigenvalue weighted by atomic mass is 32.2. The van der Waals surface area contributed by atoms with Gasteiger partial charge in [0.25, 0.3) is 0 Å². The van der Waals surface area contributed by atoms with Crippen LogP contribution in [0.4, 0.5) is 8.78 Å². The molecule has 0 radical (unpaired) electrons. The molecule has 0 aliphatic carbocycles. The van der Waals surface area contributed by atoms with Gasteiger partial charge >= 0.3 is 0 Å². The van der Waals surface area contributed by atoms with E-state index in [1.54, 1.807) is 11.8 Å². The van der Waals surface area contributed by atoms with Gasteiger partial charge in [-0.1, -0.05) is 12.1 Å². The van der Waals surface area contributed by atoms with Crippen molar-refractivity contribution >= 4 is 11.8 Å². The monoisotopic (exact) mass is 278 g/mol. The predicted octanol–water partition coefficient (Wildman–Crippen LogP) is 4.78. The van der Waals surface area contributed by atoms with Crippen LogP contribution in [0.2, 0.25) is 0 Å². The van der Waals surface area contributed by atoms with E-state index in [1.165, 1.54) is 28.2 Å². The van der Waals surface area contributed by atoms with Crippen LogP contribution >= 0.6 is 11.8 Å². The van der Waals surface area contributed by atoms with Crippen molar-refractivity contribution in [1.82, 2.24) is 0 Å². The second kappa shape index (κ2) is 6.20. The summed E-state index contributed by atoms with van der Waals surface area (Å²) in [4.78, 5) is 1.26. The van der Waals surface area contributed by atoms with Crippen molar-refractivity contribution in [3.05, 3.63) is 64.7 Å². The molecule has 0 spiro atoms. The molecule has 0 nitrogen and oxygen atoms in total. The Hall–Kier alpha value is -1.35. The third kappa shape index (κ3) is 3.80. The fourth-order valence-electron chi connectivity index (χ4n) is 2.14. The minimum absolute atomic E-state index is 0.510. The van der Waals surface area contributed by atoms with Crippen molar-refractivity contribution in [2.45, 2.75) is 24.7 Å². The van der Waals surface area contributed by atoms with Crippen molar-refractivity contribution in [2.75, 3.05) is 6.26 Å². The average molecular weight is 278 g/mol. The van der Waals surface area contributed by atoms with Gasteiger partial charge in [0, 0.05) is 11.0 Å². The van der Waals surface area contributed by atoms with Crippen molar-refractivity contribution in [3.8, 4) is 0 Å². The third-order valence-corrected chi connectivity index (χ3v) is 3.98. The summed E-state index contributed by atoms with van der Waals surface area (Å²) >= 11 is 1.72. The summed E-state index contributed by atoms with van der Waals surface area (Å²) in [6.45, 7) is 2.08. The van der Waals surface area contributed by atoms with E-state index in [4.69, 9.17) is 0 Å². The molecular weight excluding hydrogens is 262 g/mol. The fourth-order valence-corrected chi connectivity index (χ4v) is 2.73. The first-order chi connectivity index (χ1) is 9.08. The summed E-state index contributed by atoms with van der Waals surface area (Å²) < 4.78 is 26.1. The molecule has 0 amide bonds. The first-order valence-electron chi connectivity index (χ1n) is 6.17. The maximum Gasteiger partial charge on any atom is 0.126 e. The smallest absolute Gasteiger partial charge is 0.126 e. The summed E-state index contributed by atoms with van der Waals surface area (Å²) in [7, 11) is 0. The van der Waals surface area contributed by atoms with E-state index >= 15 is 0 Å². The molecular formula is C16H16F2S. The molecule has 0 saturated heterocycles. The van der Waals surface area contributed by atoms with Gasteiger partial charge in [0.1, 0.15) is 11.6 Å². The molecule has 0 N–H and O–H groups in total.